The van der Waals surface area contributed by atoms with Gasteiger partial charge in [-0.25, -0.2) is 0 Å². The summed E-state index contributed by atoms with van der Waals surface area (Å²) in [5, 5.41) is 10.2. The quantitative estimate of drug-likeness (QED) is 0.600. The van der Waals surface area contributed by atoms with Crippen LogP contribution in [-0.4, -0.2) is 68.2 Å². The van der Waals surface area contributed by atoms with Gasteiger partial charge in [-0.2, -0.15) is 5.26 Å². The SMILES string of the molecule is COc1cc2c(cc1N1CCC(N3CCOCC3)CC1)C(C)(C)c1[nH]c3cc(C#N)ccc3c1C2=O. The molecule has 0 spiro atoms. The van der Waals surface area contributed by atoms with Gasteiger partial charge in [0.25, 0.3) is 0 Å². The van der Waals surface area contributed by atoms with Crippen LogP contribution < -0.4 is 9.64 Å². The summed E-state index contributed by atoms with van der Waals surface area (Å²) in [6.45, 7) is 9.94. The lowest BCUT2D eigenvalue weighted by Crippen LogP contribution is -2.49. The molecule has 0 atom stereocenters. The molecule has 36 heavy (non-hydrogen) atoms. The third kappa shape index (κ3) is 3.51. The first-order valence-corrected chi connectivity index (χ1v) is 12.8. The van der Waals surface area contributed by atoms with Gasteiger partial charge in [0.05, 0.1) is 43.2 Å². The van der Waals surface area contributed by atoms with Crippen molar-refractivity contribution in [2.75, 3.05) is 51.4 Å². The van der Waals surface area contributed by atoms with Gasteiger partial charge in [-0.3, -0.25) is 9.69 Å². The maximum Gasteiger partial charge on any atom is 0.195 e. The molecule has 0 bridgehead atoms. The maximum absolute atomic E-state index is 13.8. The Kier molecular flexibility index (Phi) is 5.55. The number of anilines is 1. The number of nitriles is 1. The molecule has 1 aliphatic carbocycles. The van der Waals surface area contributed by atoms with Crippen LogP contribution in [-0.2, 0) is 10.2 Å². The fourth-order valence-corrected chi connectivity index (χ4v) is 6.34. The average molecular weight is 485 g/mol. The van der Waals surface area contributed by atoms with Crippen molar-refractivity contribution in [1.82, 2.24) is 9.88 Å². The molecule has 1 N–H and O–H groups in total. The number of ether oxygens (including phenoxy) is 2. The van der Waals surface area contributed by atoms with Crippen LogP contribution in [0, 0.1) is 11.3 Å². The lowest BCUT2D eigenvalue weighted by Gasteiger charge is -2.41. The van der Waals surface area contributed by atoms with E-state index in [1.165, 1.54) is 0 Å². The first kappa shape index (κ1) is 23.1. The van der Waals surface area contributed by atoms with E-state index in [0.29, 0.717) is 22.7 Å². The van der Waals surface area contributed by atoms with Gasteiger partial charge in [0, 0.05) is 59.8 Å². The van der Waals surface area contributed by atoms with Crippen molar-refractivity contribution >= 4 is 22.4 Å². The number of aromatic nitrogens is 1. The summed E-state index contributed by atoms with van der Waals surface area (Å²) in [7, 11) is 1.69. The van der Waals surface area contributed by atoms with Gasteiger partial charge in [-0.15, -0.1) is 0 Å². The van der Waals surface area contributed by atoms with Crippen LogP contribution in [0.4, 0.5) is 5.69 Å². The summed E-state index contributed by atoms with van der Waals surface area (Å²) in [5.74, 6) is 0.754. The Balaban J connectivity index is 1.37. The topological polar surface area (TPSA) is 81.6 Å². The Bertz CT molecular complexity index is 1390. The Morgan fingerprint density at radius 3 is 2.56 bits per heavy atom. The molecular weight excluding hydrogens is 452 g/mol. The summed E-state index contributed by atoms with van der Waals surface area (Å²) in [4.78, 5) is 22.3. The molecule has 2 fully saturated rings. The summed E-state index contributed by atoms with van der Waals surface area (Å²) >= 11 is 0. The van der Waals surface area contributed by atoms with Crippen molar-refractivity contribution < 1.29 is 14.3 Å². The number of ketones is 1. The van der Waals surface area contributed by atoms with Gasteiger partial charge >= 0.3 is 0 Å². The van der Waals surface area contributed by atoms with E-state index >= 15 is 0 Å². The zero-order chi connectivity index (χ0) is 25.0. The fourth-order valence-electron chi connectivity index (χ4n) is 6.34. The second-order valence-electron chi connectivity index (χ2n) is 10.6. The Hall–Kier alpha value is -3.34. The number of hydrogen-bond acceptors (Lipinski definition) is 6. The largest absolute Gasteiger partial charge is 0.495 e. The number of carbonyl (C=O) groups excluding carboxylic acids is 1. The monoisotopic (exact) mass is 484 g/mol. The number of methoxy groups -OCH3 is 1. The molecule has 186 valence electrons. The number of fused-ring (bicyclic) bond motifs is 4. The molecular formula is C29H32N4O3. The molecule has 0 unspecified atom stereocenters. The van der Waals surface area contributed by atoms with Crippen LogP contribution in [0.3, 0.4) is 0 Å². The van der Waals surface area contributed by atoms with Gasteiger partial charge in [0.2, 0.25) is 0 Å². The zero-order valence-corrected chi connectivity index (χ0v) is 21.2. The number of aromatic amines is 1. The molecule has 0 saturated carbocycles. The first-order valence-electron chi connectivity index (χ1n) is 12.8. The minimum atomic E-state index is -0.405. The van der Waals surface area contributed by atoms with Crippen molar-refractivity contribution in [3.8, 4) is 11.8 Å². The molecule has 7 nitrogen and oxygen atoms in total. The fraction of sp³-hybridized carbons (Fsp3) is 0.448. The first-order chi connectivity index (χ1) is 17.4. The normalized spacial score (nSPS) is 20.2. The second-order valence-corrected chi connectivity index (χ2v) is 10.6. The number of rotatable bonds is 3. The highest BCUT2D eigenvalue weighted by Gasteiger charge is 2.41. The minimum Gasteiger partial charge on any atom is -0.495 e. The van der Waals surface area contributed by atoms with Gasteiger partial charge in [-0.1, -0.05) is 19.9 Å². The number of piperidine rings is 1. The highest BCUT2D eigenvalue weighted by molar-refractivity contribution is 6.20. The molecule has 6 rings (SSSR count). The Labute approximate surface area is 211 Å². The number of morpholine rings is 1. The van der Waals surface area contributed by atoms with E-state index in [-0.39, 0.29) is 5.78 Å². The highest BCUT2D eigenvalue weighted by Crippen LogP contribution is 2.47. The molecule has 3 aromatic rings. The zero-order valence-electron chi connectivity index (χ0n) is 21.2. The predicted molar refractivity (Wildman–Crippen MR) is 139 cm³/mol. The Morgan fingerprint density at radius 2 is 1.86 bits per heavy atom. The number of benzene rings is 2. The van der Waals surface area contributed by atoms with Crippen molar-refractivity contribution in [3.05, 3.63) is 58.3 Å². The smallest absolute Gasteiger partial charge is 0.195 e. The number of hydrogen-bond donors (Lipinski definition) is 1. The van der Waals surface area contributed by atoms with Crippen molar-refractivity contribution in [2.45, 2.75) is 38.1 Å². The van der Waals surface area contributed by atoms with Crippen molar-refractivity contribution in [3.63, 3.8) is 0 Å². The van der Waals surface area contributed by atoms with Gasteiger partial charge < -0.3 is 19.4 Å². The molecule has 2 aliphatic heterocycles. The van der Waals surface area contributed by atoms with Gasteiger partial charge in [-0.05, 0) is 42.7 Å². The van der Waals surface area contributed by atoms with Gasteiger partial charge in [0.15, 0.2) is 5.78 Å². The van der Waals surface area contributed by atoms with E-state index in [4.69, 9.17) is 9.47 Å². The van der Waals surface area contributed by atoms with E-state index in [1.54, 1.807) is 13.2 Å². The summed E-state index contributed by atoms with van der Waals surface area (Å²) in [6, 6.07) is 12.4. The summed E-state index contributed by atoms with van der Waals surface area (Å²) in [6.07, 6.45) is 2.21. The van der Waals surface area contributed by atoms with Gasteiger partial charge in [0.1, 0.15) is 5.75 Å². The van der Waals surface area contributed by atoms with Crippen molar-refractivity contribution in [2.24, 2.45) is 0 Å². The molecule has 0 radical (unpaired) electrons. The van der Waals surface area contributed by atoms with E-state index in [0.717, 1.165) is 85.8 Å². The molecule has 3 aliphatic rings. The predicted octanol–water partition coefficient (Wildman–Crippen LogP) is 4.22. The molecule has 2 aromatic carbocycles. The van der Waals surface area contributed by atoms with E-state index in [1.807, 2.05) is 18.2 Å². The lowest BCUT2D eigenvalue weighted by molar-refractivity contribution is 0.0115. The number of nitrogens with one attached hydrogen (secondary N) is 1. The third-order valence-electron chi connectivity index (χ3n) is 8.38. The highest BCUT2D eigenvalue weighted by atomic mass is 16.5. The number of carbonyl (C=O) groups is 1. The standard InChI is InChI=1S/C29H32N4O3/c1-29(2)22-16-24(33-8-6-19(7-9-33)32-10-12-36-13-11-32)25(35-3)15-21(22)27(34)26-20-5-4-18(17-30)14-23(20)31-28(26)29/h4-5,14-16,19,31H,6-13H2,1-3H3. The number of nitrogens with zero attached hydrogens (tertiary/aromatic N) is 3. The van der Waals surface area contributed by atoms with Crippen molar-refractivity contribution in [1.29, 1.82) is 5.26 Å². The third-order valence-corrected chi connectivity index (χ3v) is 8.38. The van der Waals surface area contributed by atoms with Crippen LogP contribution in [0.2, 0.25) is 0 Å². The molecule has 1 aromatic heterocycles. The minimum absolute atomic E-state index is 0.00570. The molecule has 2 saturated heterocycles. The second kappa shape index (κ2) is 8.65. The summed E-state index contributed by atoms with van der Waals surface area (Å²) in [5.41, 5.74) is 5.38. The van der Waals surface area contributed by atoms with Crippen LogP contribution in [0.25, 0.3) is 10.9 Å². The van der Waals surface area contributed by atoms with E-state index < -0.39 is 5.41 Å². The van der Waals surface area contributed by atoms with Crippen LogP contribution >= 0.6 is 0 Å². The van der Waals surface area contributed by atoms with Crippen LogP contribution in [0.1, 0.15) is 59.4 Å². The van der Waals surface area contributed by atoms with E-state index in [2.05, 4.69) is 40.8 Å². The Morgan fingerprint density at radius 1 is 1.11 bits per heavy atom. The summed E-state index contributed by atoms with van der Waals surface area (Å²) < 4.78 is 11.4. The molecule has 3 heterocycles. The number of H-pyrrole nitrogens is 1. The maximum atomic E-state index is 13.8. The lowest BCUT2D eigenvalue weighted by atomic mass is 9.71. The molecule has 0 amide bonds. The van der Waals surface area contributed by atoms with E-state index in [9.17, 15) is 10.1 Å². The average Bonchev–Trinajstić information content (AvgIpc) is 3.32. The molecule has 7 heteroatoms. The van der Waals surface area contributed by atoms with Crippen LogP contribution in [0.15, 0.2) is 30.3 Å². The van der Waals surface area contributed by atoms with Crippen LogP contribution in [0.5, 0.6) is 5.75 Å².